The summed E-state index contributed by atoms with van der Waals surface area (Å²) in [4.78, 5) is 22.5. The highest BCUT2D eigenvalue weighted by Crippen LogP contribution is 2.18. The fourth-order valence-electron chi connectivity index (χ4n) is 1.75. The van der Waals surface area contributed by atoms with Crippen LogP contribution in [0, 0.1) is 11.7 Å². The highest BCUT2D eigenvalue weighted by Gasteiger charge is 2.23. The summed E-state index contributed by atoms with van der Waals surface area (Å²) in [6.45, 7) is 0.903. The molecule has 18 heavy (non-hydrogen) atoms. The molecular weight excluding hydrogens is 241 g/mol. The summed E-state index contributed by atoms with van der Waals surface area (Å²) < 4.78 is 18.2. The lowest BCUT2D eigenvalue weighted by Crippen LogP contribution is -2.23. The normalized spacial score (nSPS) is 18.6. The van der Waals surface area contributed by atoms with Gasteiger partial charge in [-0.05, 0) is 24.6 Å². The Morgan fingerprint density at radius 1 is 1.44 bits per heavy atom. The van der Waals surface area contributed by atoms with Gasteiger partial charge in [0.15, 0.2) is 0 Å². The van der Waals surface area contributed by atoms with E-state index in [1.54, 1.807) is 0 Å². The molecule has 1 aliphatic heterocycles. The molecule has 1 saturated heterocycles. The van der Waals surface area contributed by atoms with Gasteiger partial charge in [0.2, 0.25) is 5.91 Å². The monoisotopic (exact) mass is 253 g/mol. The summed E-state index contributed by atoms with van der Waals surface area (Å²) in [6, 6.07) is 3.45. The van der Waals surface area contributed by atoms with Gasteiger partial charge in [-0.25, -0.2) is 9.18 Å². The Hall–Kier alpha value is -1.95. The highest BCUT2D eigenvalue weighted by molar-refractivity contribution is 5.95. The molecule has 0 aliphatic carbocycles. The fourth-order valence-corrected chi connectivity index (χ4v) is 1.75. The first-order chi connectivity index (χ1) is 8.58. The second-order valence-corrected chi connectivity index (χ2v) is 4.05. The third kappa shape index (κ3) is 2.65. The number of carbonyl (C=O) groups is 2. The van der Waals surface area contributed by atoms with Gasteiger partial charge in [0.25, 0.3) is 0 Å². The maximum absolute atomic E-state index is 13.1. The van der Waals surface area contributed by atoms with Crippen LogP contribution in [0.4, 0.5) is 10.1 Å². The van der Waals surface area contributed by atoms with E-state index in [0.29, 0.717) is 19.6 Å². The van der Waals surface area contributed by atoms with Crippen LogP contribution < -0.4 is 5.32 Å². The number of nitrogens with one attached hydrogen (secondary N) is 1. The molecule has 0 saturated carbocycles. The quantitative estimate of drug-likeness (QED) is 0.855. The lowest BCUT2D eigenvalue weighted by Gasteiger charge is -2.10. The van der Waals surface area contributed by atoms with E-state index in [2.05, 4.69) is 5.32 Å². The molecule has 0 aromatic heterocycles. The smallest absolute Gasteiger partial charge is 0.338 e. The number of amides is 1. The number of anilines is 1. The Morgan fingerprint density at radius 2 is 2.22 bits per heavy atom. The van der Waals surface area contributed by atoms with E-state index >= 15 is 0 Å². The zero-order valence-corrected chi connectivity index (χ0v) is 9.48. The number of halogens is 1. The minimum Gasteiger partial charge on any atom is -0.478 e. The molecule has 1 fully saturated rings. The number of ether oxygens (including phenoxy) is 1. The summed E-state index contributed by atoms with van der Waals surface area (Å²) in [6.07, 6.45) is 0.638. The number of rotatable bonds is 3. The average Bonchev–Trinajstić information content (AvgIpc) is 2.85. The van der Waals surface area contributed by atoms with Crippen molar-refractivity contribution in [2.75, 3.05) is 18.5 Å². The molecule has 2 rings (SSSR count). The largest absolute Gasteiger partial charge is 0.478 e. The maximum atomic E-state index is 13.1. The minimum atomic E-state index is -1.37. The van der Waals surface area contributed by atoms with Crippen molar-refractivity contribution in [1.29, 1.82) is 0 Å². The zero-order valence-electron chi connectivity index (χ0n) is 9.48. The molecule has 1 aromatic carbocycles. The molecule has 0 radical (unpaired) electrons. The topological polar surface area (TPSA) is 75.6 Å². The van der Waals surface area contributed by atoms with Crippen LogP contribution in [-0.4, -0.2) is 30.2 Å². The molecule has 96 valence electrons. The molecule has 2 N–H and O–H groups in total. The van der Waals surface area contributed by atoms with Crippen LogP contribution in [-0.2, 0) is 9.53 Å². The van der Waals surface area contributed by atoms with Gasteiger partial charge in [0, 0.05) is 12.3 Å². The predicted molar refractivity (Wildman–Crippen MR) is 60.9 cm³/mol. The molecule has 1 heterocycles. The number of benzene rings is 1. The van der Waals surface area contributed by atoms with Gasteiger partial charge in [-0.2, -0.15) is 0 Å². The molecular formula is C12H12FNO4. The van der Waals surface area contributed by atoms with E-state index in [1.807, 2.05) is 0 Å². The van der Waals surface area contributed by atoms with E-state index in [1.165, 1.54) is 6.07 Å². The van der Waals surface area contributed by atoms with Gasteiger partial charge in [0.1, 0.15) is 5.82 Å². The van der Waals surface area contributed by atoms with E-state index in [0.717, 1.165) is 12.1 Å². The Bertz CT molecular complexity index is 483. The van der Waals surface area contributed by atoms with Gasteiger partial charge in [0.05, 0.1) is 18.1 Å². The first kappa shape index (κ1) is 12.5. The molecule has 1 aromatic rings. The van der Waals surface area contributed by atoms with Gasteiger partial charge in [-0.15, -0.1) is 0 Å². The van der Waals surface area contributed by atoms with Crippen molar-refractivity contribution in [3.8, 4) is 0 Å². The SMILES string of the molecule is O=C(O)c1cc(NC(=O)C2CCOC2)ccc1F. The third-order valence-electron chi connectivity index (χ3n) is 2.76. The molecule has 1 aliphatic rings. The summed E-state index contributed by atoms with van der Waals surface area (Å²) in [5, 5.41) is 11.3. The van der Waals surface area contributed by atoms with Crippen molar-refractivity contribution in [1.82, 2.24) is 0 Å². The van der Waals surface area contributed by atoms with Crippen LogP contribution in [0.25, 0.3) is 0 Å². The number of aromatic carboxylic acids is 1. The van der Waals surface area contributed by atoms with Gasteiger partial charge in [-0.1, -0.05) is 0 Å². The molecule has 1 unspecified atom stereocenters. The predicted octanol–water partition coefficient (Wildman–Crippen LogP) is 1.50. The van der Waals surface area contributed by atoms with Crippen LogP contribution in [0.1, 0.15) is 16.8 Å². The van der Waals surface area contributed by atoms with Crippen molar-refractivity contribution < 1.29 is 23.8 Å². The molecule has 6 heteroatoms. The van der Waals surface area contributed by atoms with Crippen molar-refractivity contribution in [3.05, 3.63) is 29.6 Å². The highest BCUT2D eigenvalue weighted by atomic mass is 19.1. The number of hydrogen-bond acceptors (Lipinski definition) is 3. The lowest BCUT2D eigenvalue weighted by molar-refractivity contribution is -0.119. The summed E-state index contributed by atoms with van der Waals surface area (Å²) in [5.41, 5.74) is -0.193. The van der Waals surface area contributed by atoms with Gasteiger partial charge < -0.3 is 15.2 Å². The maximum Gasteiger partial charge on any atom is 0.338 e. The second-order valence-electron chi connectivity index (χ2n) is 4.05. The van der Waals surface area contributed by atoms with Crippen molar-refractivity contribution in [3.63, 3.8) is 0 Å². The number of carboxylic acids is 1. The first-order valence-corrected chi connectivity index (χ1v) is 5.49. The van der Waals surface area contributed by atoms with Crippen molar-refractivity contribution in [2.45, 2.75) is 6.42 Å². The van der Waals surface area contributed by atoms with Crippen molar-refractivity contribution >= 4 is 17.6 Å². The van der Waals surface area contributed by atoms with Crippen LogP contribution in [0.3, 0.4) is 0 Å². The fraction of sp³-hybridized carbons (Fsp3) is 0.333. The molecule has 0 bridgehead atoms. The third-order valence-corrected chi connectivity index (χ3v) is 2.76. The Kier molecular flexibility index (Phi) is 3.57. The molecule has 1 amide bonds. The molecule has 0 spiro atoms. The van der Waals surface area contributed by atoms with E-state index in [4.69, 9.17) is 9.84 Å². The molecule has 5 nitrogen and oxygen atoms in total. The molecule has 1 atom stereocenters. The van der Waals surface area contributed by atoms with E-state index < -0.39 is 17.3 Å². The second kappa shape index (κ2) is 5.14. The van der Waals surface area contributed by atoms with E-state index in [-0.39, 0.29) is 17.5 Å². The lowest BCUT2D eigenvalue weighted by atomic mass is 10.1. The van der Waals surface area contributed by atoms with Gasteiger partial charge >= 0.3 is 5.97 Å². The van der Waals surface area contributed by atoms with E-state index in [9.17, 15) is 14.0 Å². The Morgan fingerprint density at radius 3 is 2.83 bits per heavy atom. The van der Waals surface area contributed by atoms with Crippen LogP contribution in [0.5, 0.6) is 0 Å². The summed E-state index contributed by atoms with van der Waals surface area (Å²) >= 11 is 0. The Labute approximate surface area is 103 Å². The average molecular weight is 253 g/mol. The Balaban J connectivity index is 2.11. The first-order valence-electron chi connectivity index (χ1n) is 5.49. The van der Waals surface area contributed by atoms with Crippen LogP contribution in [0.15, 0.2) is 18.2 Å². The van der Waals surface area contributed by atoms with Gasteiger partial charge in [-0.3, -0.25) is 4.79 Å². The number of carboxylic acid groups (broad SMARTS) is 1. The van der Waals surface area contributed by atoms with Crippen molar-refractivity contribution in [2.24, 2.45) is 5.92 Å². The minimum absolute atomic E-state index is 0.233. The van der Waals surface area contributed by atoms with Crippen LogP contribution in [0.2, 0.25) is 0 Å². The summed E-state index contributed by atoms with van der Waals surface area (Å²) in [5.74, 6) is -2.67. The number of carbonyl (C=O) groups excluding carboxylic acids is 1. The van der Waals surface area contributed by atoms with Crippen LogP contribution >= 0.6 is 0 Å². The zero-order chi connectivity index (χ0) is 13.1. The number of hydrogen-bond donors (Lipinski definition) is 2. The summed E-state index contributed by atoms with van der Waals surface area (Å²) in [7, 11) is 0. The standard InChI is InChI=1S/C12H12FNO4/c13-10-2-1-8(5-9(10)12(16)17)14-11(15)7-3-4-18-6-7/h1-2,5,7H,3-4,6H2,(H,14,15)(H,16,17).